The van der Waals surface area contributed by atoms with Crippen molar-refractivity contribution >= 4 is 5.91 Å². The molecular weight excluding hydrogens is 503 g/mol. The Hall–Kier alpha value is -2.52. The topological polar surface area (TPSA) is 52.6 Å². The first-order chi connectivity index (χ1) is 17.6. The summed E-state index contributed by atoms with van der Waals surface area (Å²) in [6.45, 7) is 10.8. The fourth-order valence-corrected chi connectivity index (χ4v) is 4.08. The monoisotopic (exact) mass is 544 g/mol. The van der Waals surface area contributed by atoms with Crippen molar-refractivity contribution in [3.8, 4) is 0 Å². The highest BCUT2D eigenvalue weighted by molar-refractivity contribution is 5.81. The lowest BCUT2D eigenvalue weighted by atomic mass is 10.0. The van der Waals surface area contributed by atoms with E-state index >= 15 is 0 Å². The van der Waals surface area contributed by atoms with Crippen molar-refractivity contribution in [3.05, 3.63) is 69.8 Å². The van der Waals surface area contributed by atoms with Crippen molar-refractivity contribution in [2.45, 2.75) is 92.1 Å². The van der Waals surface area contributed by atoms with Crippen LogP contribution in [-0.2, 0) is 17.5 Å². The van der Waals surface area contributed by atoms with Crippen LogP contribution < -0.4 is 5.32 Å². The predicted molar refractivity (Wildman–Crippen MR) is 142 cm³/mol. The molecule has 1 aliphatic rings. The zero-order chi connectivity index (χ0) is 29.3. The molecule has 2 rings (SSSR count). The molecule has 2 unspecified atom stereocenters. The Bertz CT molecular complexity index is 1020. The van der Waals surface area contributed by atoms with Gasteiger partial charge in [0.2, 0.25) is 5.91 Å². The minimum Gasteiger partial charge on any atom is -0.391 e. The van der Waals surface area contributed by atoms with Crippen LogP contribution in [-0.4, -0.2) is 47.1 Å². The Morgan fingerprint density at radius 1 is 1.11 bits per heavy atom. The number of allylic oxidation sites excluding steroid dienone is 5. The summed E-state index contributed by atoms with van der Waals surface area (Å²) in [4.78, 5) is 13.9. The molecule has 1 aromatic rings. The lowest BCUT2D eigenvalue weighted by Gasteiger charge is -2.32. The Balaban J connectivity index is 0.00000352. The fourth-order valence-electron chi connectivity index (χ4n) is 4.08. The van der Waals surface area contributed by atoms with Crippen LogP contribution in [0.1, 0.15) is 72.4 Å². The molecule has 0 radical (unpaired) electrons. The van der Waals surface area contributed by atoms with Gasteiger partial charge in [-0.05, 0) is 68.9 Å². The molecule has 0 spiro atoms. The highest BCUT2D eigenvalue weighted by Gasteiger charge is 2.34. The zero-order valence-corrected chi connectivity index (χ0v) is 23.3. The summed E-state index contributed by atoms with van der Waals surface area (Å²) >= 11 is 0. The second kappa shape index (κ2) is 14.6. The number of nitrogens with zero attached hydrogens (tertiary/aromatic N) is 1. The molecular formula is C29H41F5N2O2. The minimum absolute atomic E-state index is 0.125. The number of halogens is 5. The number of carbonyl (C=O) groups excluding carboxylic acids is 1. The van der Waals surface area contributed by atoms with Gasteiger partial charge in [0.15, 0.2) is 0 Å². The first kappa shape index (κ1) is 33.5. The first-order valence-electron chi connectivity index (χ1n) is 12.8. The molecule has 1 aromatic carbocycles. The van der Waals surface area contributed by atoms with Gasteiger partial charge in [-0.2, -0.15) is 13.2 Å². The summed E-state index contributed by atoms with van der Waals surface area (Å²) < 4.78 is 67.5. The van der Waals surface area contributed by atoms with Crippen molar-refractivity contribution in [2.24, 2.45) is 0 Å². The van der Waals surface area contributed by atoms with Crippen LogP contribution in [0.4, 0.5) is 22.0 Å². The average Bonchev–Trinajstić information content (AvgIpc) is 3.29. The van der Waals surface area contributed by atoms with Crippen LogP contribution in [0.5, 0.6) is 0 Å². The van der Waals surface area contributed by atoms with E-state index in [0.29, 0.717) is 6.92 Å². The molecule has 2 atom stereocenters. The molecule has 214 valence electrons. The van der Waals surface area contributed by atoms with Crippen LogP contribution in [0.3, 0.4) is 0 Å². The molecule has 4 nitrogen and oxygen atoms in total. The SMILES string of the molecule is CC.CC(C)=C(C)C1=CC(CC(O)CN(CC(C)(F)F)C(C)C(=O)NCc2ccccc2C(F)(F)F)=CC1. The van der Waals surface area contributed by atoms with Gasteiger partial charge >= 0.3 is 6.18 Å². The van der Waals surface area contributed by atoms with Crippen molar-refractivity contribution in [2.75, 3.05) is 13.1 Å². The van der Waals surface area contributed by atoms with E-state index in [-0.39, 0.29) is 18.5 Å². The molecule has 9 heteroatoms. The molecule has 0 heterocycles. The maximum atomic E-state index is 13.9. The van der Waals surface area contributed by atoms with E-state index in [1.54, 1.807) is 0 Å². The van der Waals surface area contributed by atoms with E-state index in [1.165, 1.54) is 36.3 Å². The molecule has 38 heavy (non-hydrogen) atoms. The Kier molecular flexibility index (Phi) is 12.9. The number of carbonyl (C=O) groups is 1. The normalized spacial score (nSPS) is 15.2. The van der Waals surface area contributed by atoms with Crippen molar-refractivity contribution in [1.29, 1.82) is 0 Å². The third kappa shape index (κ3) is 10.7. The number of nitrogens with one attached hydrogen (secondary N) is 1. The Morgan fingerprint density at radius 3 is 2.26 bits per heavy atom. The molecule has 1 aliphatic carbocycles. The van der Waals surface area contributed by atoms with E-state index in [2.05, 4.69) is 5.32 Å². The third-order valence-electron chi connectivity index (χ3n) is 6.28. The van der Waals surface area contributed by atoms with Gasteiger partial charge in [-0.1, -0.05) is 49.8 Å². The number of hydrogen-bond acceptors (Lipinski definition) is 3. The fraction of sp³-hybridized carbons (Fsp3) is 0.552. The molecule has 2 N–H and O–H groups in total. The van der Waals surface area contributed by atoms with Gasteiger partial charge in [-0.25, -0.2) is 8.78 Å². The second-order valence-electron chi connectivity index (χ2n) is 9.68. The van der Waals surface area contributed by atoms with E-state index in [1.807, 2.05) is 46.8 Å². The third-order valence-corrected chi connectivity index (χ3v) is 6.28. The van der Waals surface area contributed by atoms with Gasteiger partial charge in [0.05, 0.1) is 24.3 Å². The van der Waals surface area contributed by atoms with Crippen LogP contribution in [0, 0.1) is 0 Å². The Morgan fingerprint density at radius 2 is 1.71 bits per heavy atom. The first-order valence-corrected chi connectivity index (χ1v) is 12.8. The van der Waals surface area contributed by atoms with Gasteiger partial charge in [0, 0.05) is 20.0 Å². The van der Waals surface area contributed by atoms with Gasteiger partial charge in [-0.15, -0.1) is 0 Å². The molecule has 1 amide bonds. The summed E-state index contributed by atoms with van der Waals surface area (Å²) in [5.41, 5.74) is 3.39. The van der Waals surface area contributed by atoms with Crippen molar-refractivity contribution in [1.82, 2.24) is 10.2 Å². The Labute approximate surface area is 223 Å². The highest BCUT2D eigenvalue weighted by Crippen LogP contribution is 2.32. The van der Waals surface area contributed by atoms with E-state index < -0.39 is 48.8 Å². The number of aliphatic hydroxyl groups excluding tert-OH is 1. The molecule has 0 aromatic heterocycles. The van der Waals surface area contributed by atoms with Gasteiger partial charge < -0.3 is 10.4 Å². The maximum Gasteiger partial charge on any atom is 0.416 e. The zero-order valence-electron chi connectivity index (χ0n) is 23.3. The number of amides is 1. The summed E-state index contributed by atoms with van der Waals surface area (Å²) in [7, 11) is 0. The number of alkyl halides is 5. The van der Waals surface area contributed by atoms with E-state index in [0.717, 1.165) is 28.5 Å². The van der Waals surface area contributed by atoms with Crippen LogP contribution in [0.2, 0.25) is 0 Å². The average molecular weight is 545 g/mol. The lowest BCUT2D eigenvalue weighted by Crippen LogP contribution is -2.51. The van der Waals surface area contributed by atoms with Crippen molar-refractivity contribution in [3.63, 3.8) is 0 Å². The highest BCUT2D eigenvalue weighted by atomic mass is 19.4. The largest absolute Gasteiger partial charge is 0.416 e. The summed E-state index contributed by atoms with van der Waals surface area (Å²) in [5.74, 6) is -3.85. The van der Waals surface area contributed by atoms with E-state index in [9.17, 15) is 31.9 Å². The van der Waals surface area contributed by atoms with Crippen molar-refractivity contribution < 1.29 is 31.9 Å². The summed E-state index contributed by atoms with van der Waals surface area (Å²) in [6.07, 6.45) is -0.661. The van der Waals surface area contributed by atoms with E-state index in [4.69, 9.17) is 0 Å². The quantitative estimate of drug-likeness (QED) is 0.293. The standard InChI is InChI=1S/C27H35F5N2O2.C2H6/c1-17(2)18(3)21-11-10-20(12-21)13-23(35)15-34(16-26(5,28)29)19(4)25(36)33-14-22-8-6-7-9-24(22)27(30,31)32;1-2/h6-10,12,19,23,35H,11,13-16H2,1-5H3,(H,33,36);1-2H3. The number of rotatable bonds is 11. The molecule has 0 saturated heterocycles. The molecule has 0 fully saturated rings. The smallest absolute Gasteiger partial charge is 0.391 e. The van der Waals surface area contributed by atoms with Crippen LogP contribution in [0.15, 0.2) is 58.7 Å². The number of benzene rings is 1. The molecule has 0 bridgehead atoms. The van der Waals surface area contributed by atoms with Crippen LogP contribution in [0.25, 0.3) is 0 Å². The molecule has 0 aliphatic heterocycles. The summed E-state index contributed by atoms with van der Waals surface area (Å²) in [5, 5.41) is 13.1. The van der Waals surface area contributed by atoms with Gasteiger partial charge in [-0.3, -0.25) is 9.69 Å². The van der Waals surface area contributed by atoms with Gasteiger partial charge in [0.25, 0.3) is 5.92 Å². The number of aliphatic hydroxyl groups is 1. The van der Waals surface area contributed by atoms with Gasteiger partial charge in [0.1, 0.15) is 0 Å². The lowest BCUT2D eigenvalue weighted by molar-refractivity contribution is -0.138. The predicted octanol–water partition coefficient (Wildman–Crippen LogP) is 7.06. The maximum absolute atomic E-state index is 13.9. The summed E-state index contributed by atoms with van der Waals surface area (Å²) in [6, 6.07) is 3.75. The second-order valence-corrected chi connectivity index (χ2v) is 9.68. The number of hydrogen-bond donors (Lipinski definition) is 2. The molecule has 0 saturated carbocycles. The van der Waals surface area contributed by atoms with Crippen LogP contribution >= 0.6 is 0 Å². The minimum atomic E-state index is -4.58.